The Hall–Kier alpha value is -2.39. The third kappa shape index (κ3) is 2.76. The standard InChI is InChI=1S/C14H16F3N5O2/c1-3-24-12(23)13(2)6-7-21(8-13)10-5-4-9-18-19-11(14(15,16)17)22(9)20-10/h4-5H,3,6-8H2,1-2H3. The first kappa shape index (κ1) is 16.5. The molecule has 0 aliphatic carbocycles. The van der Waals surface area contributed by atoms with E-state index in [9.17, 15) is 18.0 Å². The molecule has 1 atom stereocenters. The molecule has 1 unspecified atom stereocenters. The summed E-state index contributed by atoms with van der Waals surface area (Å²) < 4.78 is 44.6. The van der Waals surface area contributed by atoms with E-state index in [0.29, 0.717) is 29.8 Å². The van der Waals surface area contributed by atoms with Crippen LogP contribution in [0.4, 0.5) is 19.0 Å². The van der Waals surface area contributed by atoms with Crippen molar-refractivity contribution in [3.05, 3.63) is 18.0 Å². The van der Waals surface area contributed by atoms with E-state index >= 15 is 0 Å². The average molecular weight is 343 g/mol. The SMILES string of the molecule is CCOC(=O)C1(C)CCN(c2ccc3nnc(C(F)(F)F)n3n2)C1. The Morgan fingerprint density at radius 1 is 1.38 bits per heavy atom. The molecule has 24 heavy (non-hydrogen) atoms. The van der Waals surface area contributed by atoms with Gasteiger partial charge in [0.05, 0.1) is 12.0 Å². The van der Waals surface area contributed by atoms with E-state index in [0.717, 1.165) is 0 Å². The molecule has 1 aliphatic heterocycles. The Morgan fingerprint density at radius 3 is 2.79 bits per heavy atom. The minimum Gasteiger partial charge on any atom is -0.466 e. The maximum atomic E-state index is 12.9. The number of aromatic nitrogens is 4. The number of anilines is 1. The monoisotopic (exact) mass is 343 g/mol. The second-order valence-corrected chi connectivity index (χ2v) is 5.94. The second-order valence-electron chi connectivity index (χ2n) is 5.94. The van der Waals surface area contributed by atoms with Crippen LogP contribution in [0.1, 0.15) is 26.1 Å². The number of alkyl halides is 3. The maximum absolute atomic E-state index is 12.9. The summed E-state index contributed by atoms with van der Waals surface area (Å²) in [4.78, 5) is 13.8. The molecule has 3 heterocycles. The Labute approximate surface area is 135 Å². The summed E-state index contributed by atoms with van der Waals surface area (Å²) in [5, 5.41) is 10.6. The molecule has 2 aromatic rings. The van der Waals surface area contributed by atoms with Crippen molar-refractivity contribution in [2.45, 2.75) is 26.4 Å². The van der Waals surface area contributed by atoms with Crippen molar-refractivity contribution >= 4 is 17.4 Å². The summed E-state index contributed by atoms with van der Waals surface area (Å²) in [7, 11) is 0. The van der Waals surface area contributed by atoms with Gasteiger partial charge in [-0.3, -0.25) is 4.79 Å². The van der Waals surface area contributed by atoms with E-state index in [-0.39, 0.29) is 18.2 Å². The maximum Gasteiger partial charge on any atom is 0.453 e. The molecule has 0 bridgehead atoms. The molecule has 1 saturated heterocycles. The number of hydrogen-bond donors (Lipinski definition) is 0. The van der Waals surface area contributed by atoms with Crippen LogP contribution in [0.25, 0.3) is 5.65 Å². The highest BCUT2D eigenvalue weighted by atomic mass is 19.4. The highest BCUT2D eigenvalue weighted by Gasteiger charge is 2.42. The molecule has 3 rings (SSSR count). The summed E-state index contributed by atoms with van der Waals surface area (Å²) in [5.41, 5.74) is -0.689. The first-order valence-electron chi connectivity index (χ1n) is 7.46. The zero-order valence-corrected chi connectivity index (χ0v) is 13.2. The predicted molar refractivity (Wildman–Crippen MR) is 77.4 cm³/mol. The van der Waals surface area contributed by atoms with Crippen LogP contribution in [0.5, 0.6) is 0 Å². The van der Waals surface area contributed by atoms with Gasteiger partial charge in [0.15, 0.2) is 5.65 Å². The largest absolute Gasteiger partial charge is 0.466 e. The fourth-order valence-electron chi connectivity index (χ4n) is 2.75. The lowest BCUT2D eigenvalue weighted by molar-refractivity contribution is -0.153. The first-order valence-corrected chi connectivity index (χ1v) is 7.46. The van der Waals surface area contributed by atoms with Crippen molar-refractivity contribution in [1.82, 2.24) is 19.8 Å². The lowest BCUT2D eigenvalue weighted by atomic mass is 9.90. The van der Waals surface area contributed by atoms with E-state index in [2.05, 4.69) is 15.3 Å². The van der Waals surface area contributed by atoms with Gasteiger partial charge in [0.25, 0.3) is 5.82 Å². The number of halogens is 3. The zero-order chi connectivity index (χ0) is 17.5. The van der Waals surface area contributed by atoms with Crippen molar-refractivity contribution < 1.29 is 22.7 Å². The van der Waals surface area contributed by atoms with E-state index in [4.69, 9.17) is 4.74 Å². The van der Waals surface area contributed by atoms with Gasteiger partial charge in [-0.25, -0.2) is 0 Å². The molecule has 1 aliphatic rings. The molecule has 0 radical (unpaired) electrons. The minimum atomic E-state index is -4.64. The summed E-state index contributed by atoms with van der Waals surface area (Å²) >= 11 is 0. The van der Waals surface area contributed by atoms with E-state index in [1.54, 1.807) is 24.8 Å². The molecule has 0 aromatic carbocycles. The number of ether oxygens (including phenoxy) is 1. The van der Waals surface area contributed by atoms with Gasteiger partial charge in [0.1, 0.15) is 5.82 Å². The molecule has 0 spiro atoms. The molecule has 0 amide bonds. The predicted octanol–water partition coefficient (Wildman–Crippen LogP) is 1.92. The highest BCUT2D eigenvalue weighted by molar-refractivity contribution is 5.78. The normalized spacial score (nSPS) is 21.5. The second kappa shape index (κ2) is 5.60. The quantitative estimate of drug-likeness (QED) is 0.793. The summed E-state index contributed by atoms with van der Waals surface area (Å²) in [6, 6.07) is 2.99. The van der Waals surface area contributed by atoms with Crippen LogP contribution in [-0.4, -0.2) is 45.5 Å². The van der Waals surface area contributed by atoms with Gasteiger partial charge in [-0.2, -0.15) is 17.7 Å². The first-order chi connectivity index (χ1) is 11.2. The molecule has 2 aromatic heterocycles. The van der Waals surface area contributed by atoms with Gasteiger partial charge < -0.3 is 9.64 Å². The fourth-order valence-corrected chi connectivity index (χ4v) is 2.75. The van der Waals surface area contributed by atoms with Gasteiger partial charge >= 0.3 is 12.1 Å². The number of hydrogen-bond acceptors (Lipinski definition) is 6. The molecule has 1 fully saturated rings. The average Bonchev–Trinajstić information content (AvgIpc) is 3.11. The minimum absolute atomic E-state index is 0.0124. The van der Waals surface area contributed by atoms with Crippen molar-refractivity contribution in [2.75, 3.05) is 24.6 Å². The van der Waals surface area contributed by atoms with E-state index < -0.39 is 17.4 Å². The van der Waals surface area contributed by atoms with Crippen LogP contribution in [0.15, 0.2) is 12.1 Å². The number of carbonyl (C=O) groups is 1. The number of rotatable bonds is 3. The number of esters is 1. The molecular weight excluding hydrogens is 327 g/mol. The molecule has 0 saturated carbocycles. The number of carbonyl (C=O) groups excluding carboxylic acids is 1. The van der Waals surface area contributed by atoms with Crippen molar-refractivity contribution in [2.24, 2.45) is 5.41 Å². The third-order valence-electron chi connectivity index (χ3n) is 4.07. The number of fused-ring (bicyclic) bond motifs is 1. The smallest absolute Gasteiger partial charge is 0.453 e. The van der Waals surface area contributed by atoms with Gasteiger partial charge in [-0.15, -0.1) is 15.3 Å². The Morgan fingerprint density at radius 2 is 2.12 bits per heavy atom. The van der Waals surface area contributed by atoms with Crippen LogP contribution in [0.3, 0.4) is 0 Å². The van der Waals surface area contributed by atoms with Crippen LogP contribution >= 0.6 is 0 Å². The summed E-state index contributed by atoms with van der Waals surface area (Å²) in [6.07, 6.45) is -4.10. The van der Waals surface area contributed by atoms with Gasteiger partial charge in [0.2, 0.25) is 0 Å². The van der Waals surface area contributed by atoms with Crippen molar-refractivity contribution in [3.63, 3.8) is 0 Å². The lowest BCUT2D eigenvalue weighted by Crippen LogP contribution is -2.34. The van der Waals surface area contributed by atoms with Crippen LogP contribution in [-0.2, 0) is 15.7 Å². The molecule has 7 nitrogen and oxygen atoms in total. The van der Waals surface area contributed by atoms with E-state index in [1.807, 2.05) is 0 Å². The van der Waals surface area contributed by atoms with Crippen molar-refractivity contribution in [1.29, 1.82) is 0 Å². The third-order valence-corrected chi connectivity index (χ3v) is 4.07. The molecule has 10 heteroatoms. The molecule has 130 valence electrons. The summed E-state index contributed by atoms with van der Waals surface area (Å²) in [6.45, 7) is 4.62. The highest BCUT2D eigenvalue weighted by Crippen LogP contribution is 2.34. The lowest BCUT2D eigenvalue weighted by Gasteiger charge is -2.23. The van der Waals surface area contributed by atoms with Crippen LogP contribution in [0, 0.1) is 5.41 Å². The Bertz CT molecular complexity index is 775. The Kier molecular flexibility index (Phi) is 3.84. The molecule has 0 N–H and O–H groups in total. The van der Waals surface area contributed by atoms with Crippen LogP contribution in [0.2, 0.25) is 0 Å². The topological polar surface area (TPSA) is 72.6 Å². The zero-order valence-electron chi connectivity index (χ0n) is 13.2. The van der Waals surface area contributed by atoms with Crippen molar-refractivity contribution in [3.8, 4) is 0 Å². The van der Waals surface area contributed by atoms with Gasteiger partial charge in [-0.05, 0) is 32.4 Å². The number of nitrogens with zero attached hydrogens (tertiary/aromatic N) is 5. The van der Waals surface area contributed by atoms with E-state index in [1.165, 1.54) is 6.07 Å². The van der Waals surface area contributed by atoms with Gasteiger partial charge in [-0.1, -0.05) is 0 Å². The fraction of sp³-hybridized carbons (Fsp3) is 0.571. The molecular formula is C14H16F3N5O2. The van der Waals surface area contributed by atoms with Crippen LogP contribution < -0.4 is 4.90 Å². The Balaban J connectivity index is 1.90. The van der Waals surface area contributed by atoms with Gasteiger partial charge in [0, 0.05) is 13.1 Å². The summed E-state index contributed by atoms with van der Waals surface area (Å²) in [5.74, 6) is -1.15.